The quantitative estimate of drug-likeness (QED) is 0.134. The number of H-pyrrole nitrogens is 1. The average Bonchev–Trinajstić information content (AvgIpc) is 3.35. The summed E-state index contributed by atoms with van der Waals surface area (Å²) in [5, 5.41) is 77.5. The molecule has 224 valence electrons. The lowest BCUT2D eigenvalue weighted by molar-refractivity contribution is -0.125. The minimum atomic E-state index is -1.46. The second kappa shape index (κ2) is 14.6. The minimum absolute atomic E-state index is 0.105. The molecule has 1 aromatic heterocycles. The molecule has 0 aliphatic carbocycles. The van der Waals surface area contributed by atoms with Crippen LogP contribution < -0.4 is 10.1 Å². The number of nitrogens with zero attached hydrogens (tertiary/aromatic N) is 1. The molecule has 0 spiro atoms. The number of thioether (sulfide) groups is 1. The minimum Gasteiger partial charge on any atom is -0.459 e. The highest BCUT2D eigenvalue weighted by molar-refractivity contribution is 8.00. The molecule has 2 heterocycles. The Hall–Kier alpha value is -2.23. The standard InChI is InChI=1S/C27H41N3O9S/c1-15(2)21-18(25(30-29-21)39-26-24(38)23(37)22(36)19(11-31)40-26)10-17-8-6-16(7-9-17)4-3-5-20(35)28-27(12-32,13-33)14-34/h6-9,15,19,22-24,26,31-34,36-38H,3-5,10-14H2,1-2H3,(H,28,35)(H,29,30)/t19-,22-,23+,24-,26-/m1/s1. The lowest BCUT2D eigenvalue weighted by Crippen LogP contribution is -2.57. The van der Waals surface area contributed by atoms with Crippen molar-refractivity contribution in [3.05, 3.63) is 46.6 Å². The third kappa shape index (κ3) is 7.74. The van der Waals surface area contributed by atoms with Gasteiger partial charge in [0.05, 0.1) is 37.8 Å². The number of aliphatic hydroxyl groups is 7. The van der Waals surface area contributed by atoms with Gasteiger partial charge in [-0.3, -0.25) is 9.89 Å². The molecule has 0 unspecified atom stereocenters. The normalized spacial score (nSPS) is 23.4. The van der Waals surface area contributed by atoms with Crippen molar-refractivity contribution in [2.45, 2.75) is 80.0 Å². The van der Waals surface area contributed by atoms with E-state index in [1.54, 1.807) is 0 Å². The summed E-state index contributed by atoms with van der Waals surface area (Å²) in [6.45, 7) is 1.94. The van der Waals surface area contributed by atoms with E-state index in [1.807, 2.05) is 38.1 Å². The van der Waals surface area contributed by atoms with Crippen molar-refractivity contribution < 1.29 is 45.3 Å². The number of aromatic amines is 1. The lowest BCUT2D eigenvalue weighted by atomic mass is 9.98. The highest BCUT2D eigenvalue weighted by Crippen LogP contribution is 2.36. The fourth-order valence-electron chi connectivity index (χ4n) is 4.49. The molecule has 40 heavy (non-hydrogen) atoms. The van der Waals surface area contributed by atoms with E-state index in [-0.39, 0.29) is 30.7 Å². The largest absolute Gasteiger partial charge is 0.459 e. The summed E-state index contributed by atoms with van der Waals surface area (Å²) in [5.41, 5.74) is 1.30. The van der Waals surface area contributed by atoms with Crippen LogP contribution in [0.15, 0.2) is 24.3 Å². The Kier molecular flexibility index (Phi) is 11.8. The van der Waals surface area contributed by atoms with Crippen LogP contribution in [0.25, 0.3) is 0 Å². The number of carbonyl (C=O) groups is 1. The van der Waals surface area contributed by atoms with Crippen LogP contribution in [-0.2, 0) is 17.6 Å². The maximum Gasteiger partial charge on any atom is 0.237 e. The predicted molar refractivity (Wildman–Crippen MR) is 148 cm³/mol. The van der Waals surface area contributed by atoms with Crippen molar-refractivity contribution in [3.63, 3.8) is 0 Å². The second-order valence-corrected chi connectivity index (χ2v) is 11.9. The Labute approximate surface area is 237 Å². The van der Waals surface area contributed by atoms with Gasteiger partial charge < -0.3 is 45.8 Å². The highest BCUT2D eigenvalue weighted by atomic mass is 32.2. The predicted octanol–water partition coefficient (Wildman–Crippen LogP) is -0.826. The molecule has 12 nitrogen and oxygen atoms in total. The topological polar surface area (TPSA) is 209 Å². The summed E-state index contributed by atoms with van der Waals surface area (Å²) >= 11 is 1.05. The number of ether oxygens (including phenoxy) is 1. The average molecular weight is 584 g/mol. The van der Waals surface area contributed by atoms with E-state index >= 15 is 0 Å². The van der Waals surface area contributed by atoms with Crippen molar-refractivity contribution in [2.24, 2.45) is 0 Å². The van der Waals surface area contributed by atoms with Crippen LogP contribution in [0.4, 0.5) is 0 Å². The molecule has 1 aromatic carbocycles. The third-order valence-electron chi connectivity index (χ3n) is 7.10. The second-order valence-electron chi connectivity index (χ2n) is 10.5. The first kappa shape index (κ1) is 32.3. The van der Waals surface area contributed by atoms with Crippen LogP contribution in [0.1, 0.15) is 55.0 Å². The summed E-state index contributed by atoms with van der Waals surface area (Å²) in [4.78, 5) is 12.2. The number of hydrogen-bond donors (Lipinski definition) is 9. The molecule has 1 amide bonds. The number of carbonyl (C=O) groups excluding carboxylic acids is 1. The van der Waals surface area contributed by atoms with Crippen LogP contribution in [0.2, 0.25) is 0 Å². The molecule has 1 saturated heterocycles. The zero-order valence-electron chi connectivity index (χ0n) is 22.7. The number of rotatable bonds is 14. The molecule has 3 rings (SSSR count). The van der Waals surface area contributed by atoms with Gasteiger partial charge in [0.2, 0.25) is 11.8 Å². The van der Waals surface area contributed by atoms with Gasteiger partial charge in [-0.05, 0) is 29.9 Å². The molecule has 0 saturated carbocycles. The van der Waals surface area contributed by atoms with Gasteiger partial charge >= 0.3 is 0 Å². The van der Waals surface area contributed by atoms with Crippen molar-refractivity contribution in [1.82, 2.24) is 15.5 Å². The Morgan fingerprint density at radius 3 is 2.23 bits per heavy atom. The fraction of sp³-hybridized carbons (Fsp3) is 0.630. The van der Waals surface area contributed by atoms with Gasteiger partial charge in [-0.1, -0.05) is 38.1 Å². The van der Waals surface area contributed by atoms with Crippen LogP contribution in [0.3, 0.4) is 0 Å². The smallest absolute Gasteiger partial charge is 0.237 e. The summed E-state index contributed by atoms with van der Waals surface area (Å²) in [6, 6.07) is 7.87. The Bertz CT molecular complexity index is 1070. The van der Waals surface area contributed by atoms with E-state index in [2.05, 4.69) is 15.5 Å². The molecule has 0 radical (unpaired) electrons. The first-order valence-electron chi connectivity index (χ1n) is 13.3. The Morgan fingerprint density at radius 2 is 1.65 bits per heavy atom. The molecule has 1 aliphatic heterocycles. The van der Waals surface area contributed by atoms with Gasteiger partial charge in [-0.25, -0.2) is 0 Å². The van der Waals surface area contributed by atoms with Crippen molar-refractivity contribution in [3.8, 4) is 5.88 Å². The summed E-state index contributed by atoms with van der Waals surface area (Å²) in [6.07, 6.45) is -2.29. The van der Waals surface area contributed by atoms with Gasteiger partial charge in [0, 0.05) is 24.1 Å². The van der Waals surface area contributed by atoms with Crippen molar-refractivity contribution in [2.75, 3.05) is 26.4 Å². The first-order chi connectivity index (χ1) is 19.1. The SMILES string of the molecule is CC(C)c1[nH]nc(O[C@@H]2S[C@H](CO)[C@@H](O)[C@H](O)[C@H]2O)c1Cc1ccc(CCCC(=O)NC(CO)(CO)CO)cc1. The van der Waals surface area contributed by atoms with Gasteiger partial charge in [0.25, 0.3) is 0 Å². The molecule has 5 atom stereocenters. The van der Waals surface area contributed by atoms with E-state index < -0.39 is 54.4 Å². The van der Waals surface area contributed by atoms with Gasteiger partial charge in [-0.2, -0.15) is 0 Å². The van der Waals surface area contributed by atoms with Gasteiger partial charge in [-0.15, -0.1) is 16.9 Å². The molecule has 0 bridgehead atoms. The van der Waals surface area contributed by atoms with E-state index in [4.69, 9.17) is 4.74 Å². The molecular weight excluding hydrogens is 542 g/mol. The number of nitrogens with one attached hydrogen (secondary N) is 2. The monoisotopic (exact) mass is 583 g/mol. The molecule has 1 fully saturated rings. The maximum absolute atomic E-state index is 12.2. The van der Waals surface area contributed by atoms with E-state index in [1.165, 1.54) is 0 Å². The van der Waals surface area contributed by atoms with Gasteiger partial charge in [0.1, 0.15) is 17.7 Å². The lowest BCUT2D eigenvalue weighted by Gasteiger charge is -2.38. The third-order valence-corrected chi connectivity index (χ3v) is 8.52. The van der Waals surface area contributed by atoms with Crippen molar-refractivity contribution in [1.29, 1.82) is 0 Å². The number of aromatic nitrogens is 2. The number of hydrogen-bond acceptors (Lipinski definition) is 11. The summed E-state index contributed by atoms with van der Waals surface area (Å²) < 4.78 is 6.01. The number of amides is 1. The molecule has 2 aromatic rings. The molecule has 9 N–H and O–H groups in total. The number of benzene rings is 1. The first-order valence-corrected chi connectivity index (χ1v) is 14.3. The van der Waals surface area contributed by atoms with Crippen LogP contribution in [0.5, 0.6) is 5.88 Å². The zero-order valence-corrected chi connectivity index (χ0v) is 23.5. The van der Waals surface area contributed by atoms with Crippen LogP contribution in [-0.4, -0.2) is 113 Å². The fourth-order valence-corrected chi connectivity index (χ4v) is 5.71. The Balaban J connectivity index is 1.64. The van der Waals surface area contributed by atoms with E-state index in [0.29, 0.717) is 19.3 Å². The highest BCUT2D eigenvalue weighted by Gasteiger charge is 2.45. The van der Waals surface area contributed by atoms with Crippen LogP contribution in [0, 0.1) is 0 Å². The molecular formula is C27H41N3O9S. The van der Waals surface area contributed by atoms with Crippen LogP contribution >= 0.6 is 11.8 Å². The maximum atomic E-state index is 12.2. The summed E-state index contributed by atoms with van der Waals surface area (Å²) in [5.74, 6) is 0.0180. The molecule has 13 heteroatoms. The van der Waals surface area contributed by atoms with Gasteiger partial charge in [0.15, 0.2) is 5.44 Å². The molecule has 1 aliphatic rings. The number of aliphatic hydroxyl groups excluding tert-OH is 7. The van der Waals surface area contributed by atoms with Crippen molar-refractivity contribution >= 4 is 17.7 Å². The van der Waals surface area contributed by atoms with E-state index in [0.717, 1.165) is 34.1 Å². The summed E-state index contributed by atoms with van der Waals surface area (Å²) in [7, 11) is 0. The number of aryl methyl sites for hydroxylation is 1. The van der Waals surface area contributed by atoms with E-state index in [9.17, 15) is 40.5 Å². The Morgan fingerprint density at radius 1 is 1.02 bits per heavy atom. The zero-order chi connectivity index (χ0) is 29.4.